The molecule has 0 amide bonds. The number of fused-ring (bicyclic) bond motifs is 8. The van der Waals surface area contributed by atoms with E-state index in [2.05, 4.69) is 203 Å². The minimum absolute atomic E-state index is 0.146. The molecular weight excluding hydrogens is 693 g/mol. The van der Waals surface area contributed by atoms with E-state index >= 15 is 0 Å². The van der Waals surface area contributed by atoms with Crippen LogP contribution in [0.1, 0.15) is 18.4 Å². The van der Waals surface area contributed by atoms with Crippen LogP contribution in [0, 0.1) is 5.92 Å². The van der Waals surface area contributed by atoms with Crippen molar-refractivity contribution in [2.45, 2.75) is 18.9 Å². The topological polar surface area (TPSA) is 19.1 Å². The van der Waals surface area contributed by atoms with Gasteiger partial charge in [0.15, 0.2) is 0 Å². The van der Waals surface area contributed by atoms with Crippen LogP contribution in [0.2, 0.25) is 0 Å². The highest BCUT2D eigenvalue weighted by molar-refractivity contribution is 6.12. The van der Waals surface area contributed by atoms with E-state index < -0.39 is 0 Å². The molecule has 0 saturated carbocycles. The van der Waals surface area contributed by atoms with Crippen molar-refractivity contribution >= 4 is 49.2 Å². The van der Waals surface area contributed by atoms with Crippen molar-refractivity contribution in [2.24, 2.45) is 5.92 Å². The molecule has 7 aromatic carbocycles. The molecule has 2 atom stereocenters. The van der Waals surface area contributed by atoms with Gasteiger partial charge in [0.25, 0.3) is 0 Å². The monoisotopic (exact) mass is 730 g/mol. The van der Waals surface area contributed by atoms with Crippen LogP contribution in [-0.2, 0) is 4.74 Å². The van der Waals surface area contributed by atoms with E-state index in [9.17, 15) is 0 Å². The third-order valence-corrected chi connectivity index (χ3v) is 12.4. The Bertz CT molecular complexity index is 3190. The molecule has 12 rings (SSSR count). The molecule has 2 aromatic heterocycles. The lowest BCUT2D eigenvalue weighted by Gasteiger charge is -2.17. The van der Waals surface area contributed by atoms with Crippen LogP contribution >= 0.6 is 0 Å². The third kappa shape index (κ3) is 5.12. The summed E-state index contributed by atoms with van der Waals surface area (Å²) in [4.78, 5) is 0. The van der Waals surface area contributed by atoms with Gasteiger partial charge in [-0.2, -0.15) is 0 Å². The number of hydrogen-bond donors (Lipinski definition) is 0. The van der Waals surface area contributed by atoms with Gasteiger partial charge in [0.05, 0.1) is 22.1 Å². The van der Waals surface area contributed by atoms with Crippen molar-refractivity contribution in [1.29, 1.82) is 0 Å². The second kappa shape index (κ2) is 12.7. The molecule has 3 heterocycles. The Labute approximate surface area is 331 Å². The van der Waals surface area contributed by atoms with Gasteiger partial charge in [-0.1, -0.05) is 127 Å². The lowest BCUT2D eigenvalue weighted by atomic mass is 9.85. The molecule has 2 unspecified atom stereocenters. The summed E-state index contributed by atoms with van der Waals surface area (Å²) < 4.78 is 11.1. The van der Waals surface area contributed by atoms with Gasteiger partial charge < -0.3 is 13.9 Å². The maximum Gasteiger partial charge on any atom is 0.127 e. The average molecular weight is 731 g/mol. The van der Waals surface area contributed by atoms with E-state index in [-0.39, 0.29) is 6.10 Å². The van der Waals surface area contributed by atoms with E-state index in [4.69, 9.17) is 4.74 Å². The SMILES string of the molecule is C1=CC2OC3=C(C=C(c4ccc(-n5c6ccccc6c6cc(-c7ccc8c(c7)c7ccccc7n8-c7ccc(-c8ccccc8)cc7)ccc65)cc4)CC3)C2C=C1. The van der Waals surface area contributed by atoms with Gasteiger partial charge in [0.2, 0.25) is 0 Å². The van der Waals surface area contributed by atoms with Crippen molar-refractivity contribution in [3.8, 4) is 33.6 Å². The quantitative estimate of drug-likeness (QED) is 0.173. The largest absolute Gasteiger partial charge is 0.489 e. The zero-order valence-electron chi connectivity index (χ0n) is 31.3. The lowest BCUT2D eigenvalue weighted by Crippen LogP contribution is -2.15. The van der Waals surface area contributed by atoms with Crippen LogP contribution in [0.15, 0.2) is 206 Å². The molecule has 0 fully saturated rings. The number of benzene rings is 7. The fraction of sp³-hybridized carbons (Fsp3) is 0.0741. The van der Waals surface area contributed by atoms with E-state index in [1.807, 2.05) is 0 Å². The van der Waals surface area contributed by atoms with Crippen molar-refractivity contribution in [3.63, 3.8) is 0 Å². The molecule has 0 N–H and O–H groups in total. The minimum Gasteiger partial charge on any atom is -0.489 e. The summed E-state index contributed by atoms with van der Waals surface area (Å²) in [5.74, 6) is 1.50. The molecule has 1 aliphatic heterocycles. The molecule has 0 saturated heterocycles. The van der Waals surface area contributed by atoms with E-state index in [1.165, 1.54) is 94.0 Å². The Morgan fingerprint density at radius 1 is 0.421 bits per heavy atom. The zero-order valence-corrected chi connectivity index (χ0v) is 31.3. The standard InChI is InChI=1S/C54H38N2O/c1-2-10-35(11-3-1)36-18-25-41(26-19-36)55-49-15-7-4-12-43(49)46-32-39(22-29-51(46)55)40-23-30-52-47(33-40)44-13-5-8-16-50(44)56(52)42-27-20-37(21-28-42)38-24-31-54-48(34-38)45-14-6-9-17-53(45)57-54/h1-23,25-30,32-34,45,53H,24,31H2. The molecule has 2 aliphatic carbocycles. The van der Waals surface area contributed by atoms with E-state index in [0.717, 1.165) is 18.5 Å². The summed E-state index contributed by atoms with van der Waals surface area (Å²) in [6.45, 7) is 0. The maximum atomic E-state index is 6.30. The molecule has 270 valence electrons. The Hall–Kier alpha value is -7.10. The first-order valence-corrected chi connectivity index (χ1v) is 20.0. The fourth-order valence-corrected chi connectivity index (χ4v) is 9.63. The average Bonchev–Trinajstić information content (AvgIpc) is 3.94. The van der Waals surface area contributed by atoms with Gasteiger partial charge >= 0.3 is 0 Å². The predicted molar refractivity (Wildman–Crippen MR) is 237 cm³/mol. The number of rotatable bonds is 5. The first-order valence-electron chi connectivity index (χ1n) is 20.0. The van der Waals surface area contributed by atoms with Crippen LogP contribution in [0.3, 0.4) is 0 Å². The summed E-state index contributed by atoms with van der Waals surface area (Å²) in [5, 5.41) is 5.03. The van der Waals surface area contributed by atoms with Crippen LogP contribution in [-0.4, -0.2) is 15.2 Å². The molecule has 57 heavy (non-hydrogen) atoms. The van der Waals surface area contributed by atoms with Crippen LogP contribution in [0.4, 0.5) is 0 Å². The Morgan fingerprint density at radius 3 is 1.56 bits per heavy atom. The zero-order chi connectivity index (χ0) is 37.5. The Kier molecular flexibility index (Phi) is 7.18. The molecule has 3 heteroatoms. The second-order valence-electron chi connectivity index (χ2n) is 15.6. The van der Waals surface area contributed by atoms with Gasteiger partial charge in [-0.05, 0) is 107 Å². The molecule has 0 bridgehead atoms. The van der Waals surface area contributed by atoms with Crippen molar-refractivity contribution in [1.82, 2.24) is 9.13 Å². The summed E-state index contributed by atoms with van der Waals surface area (Å²) in [5.41, 5.74) is 16.1. The highest BCUT2D eigenvalue weighted by Crippen LogP contribution is 2.44. The Morgan fingerprint density at radius 2 is 0.930 bits per heavy atom. The molecule has 9 aromatic rings. The fourth-order valence-electron chi connectivity index (χ4n) is 9.63. The van der Waals surface area contributed by atoms with Gasteiger partial charge in [0.1, 0.15) is 11.9 Å². The molecule has 3 aliphatic rings. The van der Waals surface area contributed by atoms with Crippen molar-refractivity contribution in [3.05, 3.63) is 211 Å². The lowest BCUT2D eigenvalue weighted by molar-refractivity contribution is 0.158. The van der Waals surface area contributed by atoms with Gasteiger partial charge in [-0.15, -0.1) is 0 Å². The molecular formula is C54H38N2O. The second-order valence-corrected chi connectivity index (χ2v) is 15.6. The number of ether oxygens (including phenoxy) is 1. The predicted octanol–water partition coefficient (Wildman–Crippen LogP) is 13.8. The Balaban J connectivity index is 0.914. The minimum atomic E-state index is 0.146. The molecule has 0 radical (unpaired) electrons. The van der Waals surface area contributed by atoms with Crippen LogP contribution in [0.25, 0.3) is 82.8 Å². The number of para-hydroxylation sites is 2. The summed E-state index contributed by atoms with van der Waals surface area (Å²) in [6, 6.07) is 60.2. The van der Waals surface area contributed by atoms with Crippen molar-refractivity contribution < 1.29 is 4.74 Å². The van der Waals surface area contributed by atoms with Gasteiger partial charge in [0, 0.05) is 50.8 Å². The maximum absolute atomic E-state index is 6.30. The number of allylic oxidation sites excluding steroid dienone is 5. The highest BCUT2D eigenvalue weighted by Gasteiger charge is 2.35. The summed E-state index contributed by atoms with van der Waals surface area (Å²) >= 11 is 0. The van der Waals surface area contributed by atoms with E-state index in [0.29, 0.717) is 5.92 Å². The number of aromatic nitrogens is 2. The molecule has 3 nitrogen and oxygen atoms in total. The highest BCUT2D eigenvalue weighted by atomic mass is 16.5. The van der Waals surface area contributed by atoms with Crippen molar-refractivity contribution in [2.75, 3.05) is 0 Å². The first kappa shape index (κ1) is 32.2. The number of hydrogen-bond acceptors (Lipinski definition) is 1. The van der Waals surface area contributed by atoms with E-state index in [1.54, 1.807) is 0 Å². The third-order valence-electron chi connectivity index (χ3n) is 12.4. The summed E-state index contributed by atoms with van der Waals surface area (Å²) in [6.07, 6.45) is 13.2. The van der Waals surface area contributed by atoms with Crippen LogP contribution < -0.4 is 0 Å². The number of nitrogens with zero attached hydrogens (tertiary/aromatic N) is 2. The normalized spacial score (nSPS) is 17.4. The summed E-state index contributed by atoms with van der Waals surface area (Å²) in [7, 11) is 0. The first-order chi connectivity index (χ1) is 28.2. The smallest absolute Gasteiger partial charge is 0.127 e. The molecule has 0 spiro atoms. The van der Waals surface area contributed by atoms with Crippen LogP contribution in [0.5, 0.6) is 0 Å². The van der Waals surface area contributed by atoms with Gasteiger partial charge in [-0.25, -0.2) is 0 Å². The van der Waals surface area contributed by atoms with Gasteiger partial charge in [-0.3, -0.25) is 0 Å².